The lowest BCUT2D eigenvalue weighted by molar-refractivity contribution is 0.307. The third-order valence-electron chi connectivity index (χ3n) is 2.32. The molecule has 0 aliphatic rings. The van der Waals surface area contributed by atoms with E-state index in [0.29, 0.717) is 4.83 Å². The molecule has 0 amide bonds. The largest absolute Gasteiger partial charge is 0.299 e. The van der Waals surface area contributed by atoms with Crippen LogP contribution in [0.1, 0.15) is 26.1 Å². The van der Waals surface area contributed by atoms with Gasteiger partial charge in [-0.25, -0.2) is 9.67 Å². The van der Waals surface area contributed by atoms with Gasteiger partial charge in [0.05, 0.1) is 6.54 Å². The average molecular weight is 275 g/mol. The summed E-state index contributed by atoms with van der Waals surface area (Å²) in [4.78, 5) is 7.10. The van der Waals surface area contributed by atoms with Gasteiger partial charge in [0.15, 0.2) is 0 Å². The molecule has 0 aromatic carbocycles. The van der Waals surface area contributed by atoms with Crippen LogP contribution in [0.15, 0.2) is 6.33 Å². The van der Waals surface area contributed by atoms with Crippen LogP contribution < -0.4 is 0 Å². The van der Waals surface area contributed by atoms with Crippen molar-refractivity contribution in [3.8, 4) is 0 Å². The molecule has 0 aliphatic heterocycles. The normalized spacial score (nSPS) is 13.4. The van der Waals surface area contributed by atoms with E-state index in [2.05, 4.69) is 51.8 Å². The molecule has 86 valence electrons. The van der Waals surface area contributed by atoms with E-state index in [1.807, 2.05) is 4.68 Å². The van der Waals surface area contributed by atoms with E-state index >= 15 is 0 Å². The molecule has 1 aromatic heterocycles. The van der Waals surface area contributed by atoms with Crippen LogP contribution in [0.4, 0.5) is 0 Å². The Morgan fingerprint density at radius 3 is 2.93 bits per heavy atom. The molecule has 0 spiro atoms. The lowest BCUT2D eigenvalue weighted by Gasteiger charge is -2.16. The fraction of sp³-hybridized carbons (Fsp3) is 0.800. The highest BCUT2D eigenvalue weighted by molar-refractivity contribution is 9.09. The quantitative estimate of drug-likeness (QED) is 0.744. The number of nitrogens with zero attached hydrogens (tertiary/aromatic N) is 4. The summed E-state index contributed by atoms with van der Waals surface area (Å²) in [5.41, 5.74) is 0. The van der Waals surface area contributed by atoms with Crippen molar-refractivity contribution in [1.29, 1.82) is 0 Å². The van der Waals surface area contributed by atoms with Gasteiger partial charge in [0, 0.05) is 11.4 Å². The van der Waals surface area contributed by atoms with Crippen LogP contribution in [0.25, 0.3) is 0 Å². The minimum absolute atomic E-state index is 0.573. The molecule has 0 fully saturated rings. The Kier molecular flexibility index (Phi) is 5.25. The second-order valence-electron chi connectivity index (χ2n) is 3.80. The Balaban J connectivity index is 2.40. The van der Waals surface area contributed by atoms with Crippen LogP contribution in [0, 0.1) is 0 Å². The maximum Gasteiger partial charge on any atom is 0.140 e. The summed E-state index contributed by atoms with van der Waals surface area (Å²) in [5, 5.41) is 4.15. The predicted molar refractivity (Wildman–Crippen MR) is 65.0 cm³/mol. The Hall–Kier alpha value is -0.420. The third kappa shape index (κ3) is 4.30. The molecular formula is C10H19BrN4. The van der Waals surface area contributed by atoms with E-state index in [1.165, 1.54) is 0 Å². The molecule has 1 atom stereocenters. The van der Waals surface area contributed by atoms with Crippen molar-refractivity contribution in [2.24, 2.45) is 0 Å². The van der Waals surface area contributed by atoms with Gasteiger partial charge in [0.25, 0.3) is 0 Å². The standard InChI is InChI=1S/C10H19BrN4/c1-4-15-10(12-8-13-15)7-14(3)6-5-9(2)11/h8-9H,4-7H2,1-3H3. The van der Waals surface area contributed by atoms with Gasteiger partial charge in [0.2, 0.25) is 0 Å². The molecule has 5 heteroatoms. The zero-order valence-corrected chi connectivity index (χ0v) is 11.2. The maximum absolute atomic E-state index is 4.25. The molecule has 1 aromatic rings. The van der Waals surface area contributed by atoms with Crippen LogP contribution in [0.5, 0.6) is 0 Å². The molecule has 4 nitrogen and oxygen atoms in total. The van der Waals surface area contributed by atoms with Crippen molar-refractivity contribution >= 4 is 15.9 Å². The van der Waals surface area contributed by atoms with Crippen molar-refractivity contribution in [2.75, 3.05) is 13.6 Å². The minimum Gasteiger partial charge on any atom is -0.299 e. The molecule has 1 unspecified atom stereocenters. The fourth-order valence-corrected chi connectivity index (χ4v) is 1.60. The van der Waals surface area contributed by atoms with E-state index in [1.54, 1.807) is 6.33 Å². The first-order valence-corrected chi connectivity index (χ1v) is 6.24. The van der Waals surface area contributed by atoms with Gasteiger partial charge >= 0.3 is 0 Å². The van der Waals surface area contributed by atoms with Gasteiger partial charge in [-0.05, 0) is 26.9 Å². The molecule has 0 radical (unpaired) electrons. The first-order valence-electron chi connectivity index (χ1n) is 5.32. The third-order valence-corrected chi connectivity index (χ3v) is 2.77. The number of hydrogen-bond acceptors (Lipinski definition) is 3. The van der Waals surface area contributed by atoms with Crippen molar-refractivity contribution in [3.63, 3.8) is 0 Å². The Morgan fingerprint density at radius 2 is 2.33 bits per heavy atom. The summed E-state index contributed by atoms with van der Waals surface area (Å²) in [6.45, 7) is 7.08. The topological polar surface area (TPSA) is 34.0 Å². The second-order valence-corrected chi connectivity index (χ2v) is 5.36. The maximum atomic E-state index is 4.25. The number of hydrogen-bond donors (Lipinski definition) is 0. The minimum atomic E-state index is 0.573. The number of alkyl halides is 1. The summed E-state index contributed by atoms with van der Waals surface area (Å²) >= 11 is 3.55. The molecule has 0 bridgehead atoms. The van der Waals surface area contributed by atoms with Crippen LogP contribution in [-0.4, -0.2) is 38.1 Å². The number of aromatic nitrogens is 3. The summed E-state index contributed by atoms with van der Waals surface area (Å²) in [5.74, 6) is 1.04. The SMILES string of the molecule is CCn1ncnc1CN(C)CCC(C)Br. The first kappa shape index (κ1) is 12.6. The highest BCUT2D eigenvalue weighted by atomic mass is 79.9. The lowest BCUT2D eigenvalue weighted by atomic mass is 10.3. The monoisotopic (exact) mass is 274 g/mol. The van der Waals surface area contributed by atoms with Crippen molar-refractivity contribution in [2.45, 2.75) is 38.2 Å². The smallest absolute Gasteiger partial charge is 0.140 e. The van der Waals surface area contributed by atoms with E-state index in [-0.39, 0.29) is 0 Å². The molecular weight excluding hydrogens is 256 g/mol. The van der Waals surface area contributed by atoms with Gasteiger partial charge < -0.3 is 0 Å². The number of aryl methyl sites for hydroxylation is 1. The second kappa shape index (κ2) is 6.23. The van der Waals surface area contributed by atoms with E-state index in [9.17, 15) is 0 Å². The summed E-state index contributed by atoms with van der Waals surface area (Å²) in [6, 6.07) is 0. The molecule has 1 rings (SSSR count). The van der Waals surface area contributed by atoms with Gasteiger partial charge in [0.1, 0.15) is 12.2 Å². The highest BCUT2D eigenvalue weighted by Crippen LogP contribution is 2.06. The first-order chi connectivity index (χ1) is 7.13. The van der Waals surface area contributed by atoms with Crippen LogP contribution >= 0.6 is 15.9 Å². The van der Waals surface area contributed by atoms with Gasteiger partial charge in [-0.3, -0.25) is 4.90 Å². The van der Waals surface area contributed by atoms with Crippen molar-refractivity contribution in [3.05, 3.63) is 12.2 Å². The Bertz CT molecular complexity index is 285. The number of rotatable bonds is 6. The predicted octanol–water partition coefficient (Wildman–Crippen LogP) is 1.90. The van der Waals surface area contributed by atoms with Gasteiger partial charge in [-0.2, -0.15) is 5.10 Å². The number of halogens is 1. The highest BCUT2D eigenvalue weighted by Gasteiger charge is 2.07. The summed E-state index contributed by atoms with van der Waals surface area (Å²) in [6.07, 6.45) is 2.77. The van der Waals surface area contributed by atoms with E-state index < -0.39 is 0 Å². The van der Waals surface area contributed by atoms with Crippen LogP contribution in [0.2, 0.25) is 0 Å². The van der Waals surface area contributed by atoms with Crippen LogP contribution in [0.3, 0.4) is 0 Å². The fourth-order valence-electron chi connectivity index (χ4n) is 1.39. The van der Waals surface area contributed by atoms with Gasteiger partial charge in [-0.1, -0.05) is 22.9 Å². The molecule has 1 heterocycles. The molecule has 0 aliphatic carbocycles. The van der Waals surface area contributed by atoms with E-state index in [0.717, 1.165) is 31.9 Å². The van der Waals surface area contributed by atoms with E-state index in [4.69, 9.17) is 0 Å². The molecule has 0 N–H and O–H groups in total. The zero-order chi connectivity index (χ0) is 11.3. The van der Waals surface area contributed by atoms with Gasteiger partial charge in [-0.15, -0.1) is 0 Å². The molecule has 0 saturated heterocycles. The Morgan fingerprint density at radius 1 is 1.60 bits per heavy atom. The molecule has 15 heavy (non-hydrogen) atoms. The average Bonchev–Trinajstić information content (AvgIpc) is 2.62. The van der Waals surface area contributed by atoms with Crippen LogP contribution in [-0.2, 0) is 13.1 Å². The zero-order valence-electron chi connectivity index (χ0n) is 9.65. The summed E-state index contributed by atoms with van der Waals surface area (Å²) < 4.78 is 1.94. The van der Waals surface area contributed by atoms with Crippen molar-refractivity contribution < 1.29 is 0 Å². The molecule has 0 saturated carbocycles. The summed E-state index contributed by atoms with van der Waals surface area (Å²) in [7, 11) is 2.12. The van der Waals surface area contributed by atoms with Crippen molar-refractivity contribution in [1.82, 2.24) is 19.7 Å². The Labute approximate surface area is 99.8 Å². The lowest BCUT2D eigenvalue weighted by Crippen LogP contribution is -2.23.